The molecule has 1 amide bonds. The zero-order valence-electron chi connectivity index (χ0n) is 11.9. The number of hydrogen-bond donors (Lipinski definition) is 1. The number of ether oxygens (including phenoxy) is 1. The molecule has 0 bridgehead atoms. The van der Waals surface area contributed by atoms with Crippen molar-refractivity contribution in [1.82, 2.24) is 10.2 Å². The lowest BCUT2D eigenvalue weighted by Gasteiger charge is -2.27. The summed E-state index contributed by atoms with van der Waals surface area (Å²) < 4.78 is 5.46. The third-order valence-corrected chi connectivity index (χ3v) is 4.14. The van der Waals surface area contributed by atoms with Crippen molar-refractivity contribution in [3.8, 4) is 0 Å². The van der Waals surface area contributed by atoms with Crippen LogP contribution in [0.4, 0.5) is 0 Å². The molecule has 2 aliphatic rings. The largest absolute Gasteiger partial charge is 0.381 e. The van der Waals surface area contributed by atoms with Crippen LogP contribution in [0.25, 0.3) is 0 Å². The predicted octanol–water partition coefficient (Wildman–Crippen LogP) is 1.68. The van der Waals surface area contributed by atoms with Gasteiger partial charge in [-0.25, -0.2) is 0 Å². The normalized spacial score (nSPS) is 26.8. The number of hydrogen-bond acceptors (Lipinski definition) is 3. The summed E-state index contributed by atoms with van der Waals surface area (Å²) in [5.74, 6) is 1.55. The van der Waals surface area contributed by atoms with Gasteiger partial charge in [0.25, 0.3) is 0 Å². The molecule has 2 saturated heterocycles. The van der Waals surface area contributed by atoms with Crippen molar-refractivity contribution in [2.24, 2.45) is 11.8 Å². The summed E-state index contributed by atoms with van der Waals surface area (Å²) in [7, 11) is 1.93. The Labute approximate surface area is 122 Å². The first-order chi connectivity index (χ1) is 8.75. The fraction of sp³-hybridized carbons (Fsp3) is 0.929. The van der Waals surface area contributed by atoms with Gasteiger partial charge in [0.2, 0.25) is 5.91 Å². The van der Waals surface area contributed by atoms with Gasteiger partial charge in [0.05, 0.1) is 6.61 Å². The first-order valence-corrected chi connectivity index (χ1v) is 7.28. The number of rotatable bonds is 5. The molecular formula is C14H27ClN2O2. The Hall–Kier alpha value is -0.320. The minimum absolute atomic E-state index is 0. The quantitative estimate of drug-likeness (QED) is 0.838. The van der Waals surface area contributed by atoms with Crippen LogP contribution in [0.2, 0.25) is 0 Å². The van der Waals surface area contributed by atoms with Crippen LogP contribution < -0.4 is 5.32 Å². The summed E-state index contributed by atoms with van der Waals surface area (Å²) in [5.41, 5.74) is 0. The molecule has 0 radical (unpaired) electrons. The number of halogens is 1. The summed E-state index contributed by atoms with van der Waals surface area (Å²) in [4.78, 5) is 13.9. The molecule has 0 spiro atoms. The molecule has 19 heavy (non-hydrogen) atoms. The van der Waals surface area contributed by atoms with E-state index in [-0.39, 0.29) is 12.4 Å². The predicted molar refractivity (Wildman–Crippen MR) is 78.6 cm³/mol. The highest BCUT2D eigenvalue weighted by atomic mass is 35.5. The highest BCUT2D eigenvalue weighted by molar-refractivity contribution is 5.85. The molecule has 2 heterocycles. The molecule has 0 aliphatic carbocycles. The first kappa shape index (κ1) is 16.7. The fourth-order valence-corrected chi connectivity index (χ4v) is 2.92. The first-order valence-electron chi connectivity index (χ1n) is 7.28. The Kier molecular flexibility index (Phi) is 7.73. The van der Waals surface area contributed by atoms with Crippen molar-refractivity contribution >= 4 is 18.3 Å². The monoisotopic (exact) mass is 290 g/mol. The van der Waals surface area contributed by atoms with Gasteiger partial charge in [0, 0.05) is 26.6 Å². The van der Waals surface area contributed by atoms with Gasteiger partial charge < -0.3 is 15.0 Å². The third kappa shape index (κ3) is 5.67. The van der Waals surface area contributed by atoms with Crippen molar-refractivity contribution in [2.75, 3.05) is 39.9 Å². The van der Waals surface area contributed by atoms with Gasteiger partial charge in [-0.2, -0.15) is 0 Å². The van der Waals surface area contributed by atoms with Crippen LogP contribution in [-0.2, 0) is 9.53 Å². The zero-order valence-corrected chi connectivity index (χ0v) is 12.7. The van der Waals surface area contributed by atoms with E-state index in [2.05, 4.69) is 5.32 Å². The summed E-state index contributed by atoms with van der Waals surface area (Å²) in [5, 5.41) is 3.35. The number of carbonyl (C=O) groups excluding carboxylic acids is 1. The van der Waals surface area contributed by atoms with E-state index in [0.29, 0.717) is 24.2 Å². The van der Waals surface area contributed by atoms with E-state index >= 15 is 0 Å². The van der Waals surface area contributed by atoms with Crippen LogP contribution in [0.5, 0.6) is 0 Å². The lowest BCUT2D eigenvalue weighted by Crippen LogP contribution is -2.35. The van der Waals surface area contributed by atoms with Crippen LogP contribution in [-0.4, -0.2) is 50.7 Å². The third-order valence-electron chi connectivity index (χ3n) is 4.14. The van der Waals surface area contributed by atoms with E-state index in [1.54, 1.807) is 0 Å². The average molecular weight is 291 g/mol. The van der Waals surface area contributed by atoms with E-state index in [9.17, 15) is 4.79 Å². The molecule has 1 N–H and O–H groups in total. The van der Waals surface area contributed by atoms with Crippen molar-refractivity contribution in [1.29, 1.82) is 0 Å². The van der Waals surface area contributed by atoms with Gasteiger partial charge in [-0.15, -0.1) is 12.4 Å². The maximum atomic E-state index is 12.0. The highest BCUT2D eigenvalue weighted by Crippen LogP contribution is 2.17. The molecule has 2 fully saturated rings. The Morgan fingerprint density at radius 3 is 2.84 bits per heavy atom. The van der Waals surface area contributed by atoms with E-state index in [0.717, 1.165) is 45.7 Å². The average Bonchev–Trinajstić information content (AvgIpc) is 2.90. The smallest absolute Gasteiger partial charge is 0.222 e. The Balaban J connectivity index is 0.00000180. The molecule has 2 aliphatic heterocycles. The minimum atomic E-state index is 0. The Morgan fingerprint density at radius 2 is 2.21 bits per heavy atom. The summed E-state index contributed by atoms with van der Waals surface area (Å²) in [6, 6.07) is 0. The molecule has 2 unspecified atom stereocenters. The minimum Gasteiger partial charge on any atom is -0.381 e. The maximum absolute atomic E-state index is 12.0. The van der Waals surface area contributed by atoms with Gasteiger partial charge in [0.15, 0.2) is 0 Å². The molecule has 2 rings (SSSR count). The molecule has 0 saturated carbocycles. The zero-order chi connectivity index (χ0) is 12.8. The van der Waals surface area contributed by atoms with E-state index < -0.39 is 0 Å². The Morgan fingerprint density at radius 1 is 1.37 bits per heavy atom. The number of nitrogens with zero attached hydrogens (tertiary/aromatic N) is 1. The van der Waals surface area contributed by atoms with Crippen molar-refractivity contribution in [3.63, 3.8) is 0 Å². The van der Waals surface area contributed by atoms with Gasteiger partial charge in [0.1, 0.15) is 0 Å². The molecule has 4 nitrogen and oxygen atoms in total. The lowest BCUT2D eigenvalue weighted by atomic mass is 10.0. The molecular weight excluding hydrogens is 264 g/mol. The lowest BCUT2D eigenvalue weighted by molar-refractivity contribution is -0.131. The molecule has 112 valence electrons. The standard InChI is InChI=1S/C14H26N2O2.ClH/c1-16(10-13-3-2-8-18-11-13)14(17)5-4-12-6-7-15-9-12;/h12-13,15H,2-11H2,1H3;1H. The van der Waals surface area contributed by atoms with Crippen molar-refractivity contribution in [3.05, 3.63) is 0 Å². The summed E-state index contributed by atoms with van der Waals surface area (Å²) >= 11 is 0. The van der Waals surface area contributed by atoms with Crippen LogP contribution in [0.3, 0.4) is 0 Å². The number of amides is 1. The maximum Gasteiger partial charge on any atom is 0.222 e. The van der Waals surface area contributed by atoms with Crippen LogP contribution in [0, 0.1) is 11.8 Å². The van der Waals surface area contributed by atoms with Gasteiger partial charge in [-0.1, -0.05) is 0 Å². The molecule has 0 aromatic rings. The summed E-state index contributed by atoms with van der Waals surface area (Å²) in [6.07, 6.45) is 5.31. The topological polar surface area (TPSA) is 41.6 Å². The van der Waals surface area contributed by atoms with Crippen LogP contribution >= 0.6 is 12.4 Å². The second-order valence-corrected chi connectivity index (χ2v) is 5.75. The van der Waals surface area contributed by atoms with Gasteiger partial charge in [-0.05, 0) is 50.6 Å². The number of nitrogens with one attached hydrogen (secondary N) is 1. The highest BCUT2D eigenvalue weighted by Gasteiger charge is 2.20. The van der Waals surface area contributed by atoms with Crippen molar-refractivity contribution in [2.45, 2.75) is 32.1 Å². The summed E-state index contributed by atoms with van der Waals surface area (Å²) in [6.45, 7) is 4.79. The molecule has 0 aromatic carbocycles. The van der Waals surface area contributed by atoms with E-state index in [1.165, 1.54) is 12.8 Å². The van der Waals surface area contributed by atoms with Crippen molar-refractivity contribution < 1.29 is 9.53 Å². The second kappa shape index (κ2) is 8.77. The Bertz CT molecular complexity index is 264. The SMILES string of the molecule is CN(CC1CCCOC1)C(=O)CCC1CCNC1.Cl. The molecule has 2 atom stereocenters. The molecule has 5 heteroatoms. The fourth-order valence-electron chi connectivity index (χ4n) is 2.92. The van der Waals surface area contributed by atoms with Crippen LogP contribution in [0.1, 0.15) is 32.1 Å². The van der Waals surface area contributed by atoms with Gasteiger partial charge in [-0.3, -0.25) is 4.79 Å². The second-order valence-electron chi connectivity index (χ2n) is 5.75. The van der Waals surface area contributed by atoms with E-state index in [4.69, 9.17) is 4.74 Å². The number of carbonyl (C=O) groups is 1. The van der Waals surface area contributed by atoms with E-state index in [1.807, 2.05) is 11.9 Å². The molecule has 0 aromatic heterocycles. The van der Waals surface area contributed by atoms with Gasteiger partial charge >= 0.3 is 0 Å². The van der Waals surface area contributed by atoms with Crippen LogP contribution in [0.15, 0.2) is 0 Å².